The number of hydrogen-bond donors (Lipinski definition) is 1. The van der Waals surface area contributed by atoms with Gasteiger partial charge in [0, 0.05) is 24.5 Å². The first-order valence-electron chi connectivity index (χ1n) is 6.75. The second kappa shape index (κ2) is 5.33. The molecule has 1 aromatic heterocycles. The molecule has 0 radical (unpaired) electrons. The van der Waals surface area contributed by atoms with E-state index in [4.69, 9.17) is 10.5 Å². The lowest BCUT2D eigenvalue weighted by Crippen LogP contribution is -2.37. The van der Waals surface area contributed by atoms with Crippen molar-refractivity contribution in [2.45, 2.75) is 26.8 Å². The monoisotopic (exact) mass is 288 g/mol. The van der Waals surface area contributed by atoms with Gasteiger partial charge in [-0.1, -0.05) is 18.2 Å². The summed E-state index contributed by atoms with van der Waals surface area (Å²) < 4.78 is 6.38. The van der Waals surface area contributed by atoms with E-state index in [0.29, 0.717) is 0 Å². The lowest BCUT2D eigenvalue weighted by Gasteiger charge is -2.28. The fourth-order valence-electron chi connectivity index (χ4n) is 2.49. The maximum Gasteiger partial charge on any atom is 0.313 e. The molecule has 2 N–H and O–H groups in total. The van der Waals surface area contributed by atoms with E-state index < -0.39 is 11.5 Å². The van der Waals surface area contributed by atoms with Crippen LogP contribution in [-0.2, 0) is 9.53 Å². The van der Waals surface area contributed by atoms with E-state index in [9.17, 15) is 9.59 Å². The predicted molar refractivity (Wildman–Crippen MR) is 81.0 cm³/mol. The van der Waals surface area contributed by atoms with Gasteiger partial charge in [0.15, 0.2) is 0 Å². The molecule has 0 saturated heterocycles. The van der Waals surface area contributed by atoms with E-state index in [0.717, 1.165) is 16.5 Å². The zero-order valence-corrected chi connectivity index (χ0v) is 12.7. The normalized spacial score (nSPS) is 13.2. The van der Waals surface area contributed by atoms with Gasteiger partial charge in [-0.15, -0.1) is 0 Å². The van der Waals surface area contributed by atoms with Crippen LogP contribution >= 0.6 is 0 Å². The third kappa shape index (κ3) is 2.45. The van der Waals surface area contributed by atoms with Gasteiger partial charge in [0.2, 0.25) is 5.91 Å². The Morgan fingerprint density at radius 2 is 1.90 bits per heavy atom. The number of para-hydroxylation sites is 1. The van der Waals surface area contributed by atoms with E-state index in [1.54, 1.807) is 24.6 Å². The van der Waals surface area contributed by atoms with E-state index >= 15 is 0 Å². The second-order valence-corrected chi connectivity index (χ2v) is 5.68. The summed E-state index contributed by atoms with van der Waals surface area (Å²) in [5, 5.41) is 0.872. The minimum Gasteiger partial charge on any atom is -0.469 e. The van der Waals surface area contributed by atoms with E-state index in [1.807, 2.05) is 24.3 Å². The molecule has 0 aliphatic rings. The van der Waals surface area contributed by atoms with Gasteiger partial charge >= 0.3 is 5.97 Å². The molecule has 1 heterocycles. The first-order chi connectivity index (χ1) is 9.80. The molecule has 0 saturated carbocycles. The number of aromatic nitrogens is 1. The Balaban J connectivity index is 2.62. The summed E-state index contributed by atoms with van der Waals surface area (Å²) in [7, 11) is 1.34. The fourth-order valence-corrected chi connectivity index (χ4v) is 2.49. The van der Waals surface area contributed by atoms with Crippen LogP contribution in [0.15, 0.2) is 30.5 Å². The molecule has 112 valence electrons. The van der Waals surface area contributed by atoms with Crippen molar-refractivity contribution < 1.29 is 14.3 Å². The minimum absolute atomic E-state index is 0.0967. The summed E-state index contributed by atoms with van der Waals surface area (Å²) in [6.07, 6.45) is 1.71. The number of esters is 1. The summed E-state index contributed by atoms with van der Waals surface area (Å²) in [5.74, 6) is -0.477. The zero-order valence-electron chi connectivity index (χ0n) is 12.7. The van der Waals surface area contributed by atoms with Gasteiger partial charge in [-0.25, -0.2) is 0 Å². The van der Waals surface area contributed by atoms with E-state index in [1.165, 1.54) is 14.0 Å². The maximum absolute atomic E-state index is 11.9. The van der Waals surface area contributed by atoms with Crippen molar-refractivity contribution in [2.75, 3.05) is 7.11 Å². The molecule has 0 amide bonds. The topological polar surface area (TPSA) is 74.3 Å². The molecule has 21 heavy (non-hydrogen) atoms. The molecular formula is C16H20N2O3. The average molecular weight is 288 g/mol. The SMILES string of the molecule is COC(=O)C(C)(C)[C@H](N)c1cn(C(C)=O)c2ccccc12. The molecule has 0 unspecified atom stereocenters. The Kier molecular flexibility index (Phi) is 3.87. The number of methoxy groups -OCH3 is 1. The van der Waals surface area contributed by atoms with Crippen molar-refractivity contribution in [3.63, 3.8) is 0 Å². The second-order valence-electron chi connectivity index (χ2n) is 5.68. The predicted octanol–water partition coefficient (Wildman–Crippen LogP) is 2.50. The van der Waals surface area contributed by atoms with Crippen LogP contribution in [0, 0.1) is 5.41 Å². The third-order valence-electron chi connectivity index (χ3n) is 3.91. The smallest absolute Gasteiger partial charge is 0.313 e. The third-order valence-corrected chi connectivity index (χ3v) is 3.91. The molecule has 0 bridgehead atoms. The summed E-state index contributed by atoms with van der Waals surface area (Å²) in [4.78, 5) is 23.7. The number of fused-ring (bicyclic) bond motifs is 1. The quantitative estimate of drug-likeness (QED) is 0.881. The molecule has 0 spiro atoms. The number of rotatable bonds is 3. The van der Waals surface area contributed by atoms with Crippen LogP contribution < -0.4 is 5.73 Å². The summed E-state index contributed by atoms with van der Waals surface area (Å²) in [6.45, 7) is 4.97. The van der Waals surface area contributed by atoms with Crippen LogP contribution in [0.4, 0.5) is 0 Å². The Hall–Kier alpha value is -2.14. The average Bonchev–Trinajstić information content (AvgIpc) is 2.85. The standard InChI is InChI=1S/C16H20N2O3/c1-10(19)18-9-12(11-7-5-6-8-13(11)18)14(17)16(2,3)15(20)21-4/h5-9,14H,17H2,1-4H3/t14-/m1/s1. The van der Waals surface area contributed by atoms with Crippen molar-refractivity contribution in [3.8, 4) is 0 Å². The number of carbonyl (C=O) groups excluding carboxylic acids is 2. The number of hydrogen-bond acceptors (Lipinski definition) is 4. The van der Waals surface area contributed by atoms with Crippen LogP contribution in [0.3, 0.4) is 0 Å². The Labute approximate surface area is 123 Å². The molecule has 0 fully saturated rings. The van der Waals surface area contributed by atoms with Crippen molar-refractivity contribution in [3.05, 3.63) is 36.0 Å². The fraction of sp³-hybridized carbons (Fsp3) is 0.375. The van der Waals surface area contributed by atoms with Gasteiger partial charge in [-0.05, 0) is 25.5 Å². The Morgan fingerprint density at radius 1 is 1.29 bits per heavy atom. The molecular weight excluding hydrogens is 268 g/mol. The lowest BCUT2D eigenvalue weighted by molar-refractivity contribution is -0.152. The zero-order chi connectivity index (χ0) is 15.8. The van der Waals surface area contributed by atoms with Crippen LogP contribution in [0.25, 0.3) is 10.9 Å². The summed E-state index contributed by atoms with van der Waals surface area (Å²) >= 11 is 0. The van der Waals surface area contributed by atoms with Crippen LogP contribution in [0.2, 0.25) is 0 Å². The summed E-state index contributed by atoms with van der Waals surface area (Å²) in [5.41, 5.74) is 6.96. The number of nitrogens with two attached hydrogens (primary N) is 1. The van der Waals surface area contributed by atoms with E-state index in [2.05, 4.69) is 0 Å². The van der Waals surface area contributed by atoms with Crippen molar-refractivity contribution in [2.24, 2.45) is 11.1 Å². The number of nitrogens with zero attached hydrogens (tertiary/aromatic N) is 1. The van der Waals surface area contributed by atoms with Gasteiger partial charge in [0.05, 0.1) is 18.0 Å². The maximum atomic E-state index is 11.9. The molecule has 5 heteroatoms. The molecule has 2 aromatic rings. The molecule has 2 rings (SSSR count). The molecule has 1 atom stereocenters. The molecule has 0 aliphatic carbocycles. The lowest BCUT2D eigenvalue weighted by atomic mass is 9.81. The first kappa shape index (κ1) is 15.3. The van der Waals surface area contributed by atoms with Crippen molar-refractivity contribution in [1.82, 2.24) is 4.57 Å². The van der Waals surface area contributed by atoms with Crippen LogP contribution in [-0.4, -0.2) is 23.6 Å². The Morgan fingerprint density at radius 3 is 2.48 bits per heavy atom. The first-order valence-corrected chi connectivity index (χ1v) is 6.75. The minimum atomic E-state index is -0.888. The highest BCUT2D eigenvalue weighted by Crippen LogP contribution is 2.36. The summed E-state index contributed by atoms with van der Waals surface area (Å²) in [6, 6.07) is 6.93. The number of benzene rings is 1. The van der Waals surface area contributed by atoms with Gasteiger partial charge in [0.1, 0.15) is 0 Å². The highest BCUT2D eigenvalue weighted by atomic mass is 16.5. The van der Waals surface area contributed by atoms with Gasteiger partial charge in [-0.3, -0.25) is 14.2 Å². The highest BCUT2D eigenvalue weighted by molar-refractivity contribution is 5.94. The van der Waals surface area contributed by atoms with Gasteiger partial charge in [-0.2, -0.15) is 0 Å². The van der Waals surface area contributed by atoms with Gasteiger partial charge < -0.3 is 10.5 Å². The molecule has 1 aromatic carbocycles. The number of ether oxygens (including phenoxy) is 1. The molecule has 5 nitrogen and oxygen atoms in total. The number of carbonyl (C=O) groups is 2. The van der Waals surface area contributed by atoms with E-state index in [-0.39, 0.29) is 11.9 Å². The Bertz CT molecular complexity index is 701. The van der Waals surface area contributed by atoms with Crippen molar-refractivity contribution in [1.29, 1.82) is 0 Å². The van der Waals surface area contributed by atoms with Crippen LogP contribution in [0.5, 0.6) is 0 Å². The van der Waals surface area contributed by atoms with Crippen molar-refractivity contribution >= 4 is 22.8 Å². The largest absolute Gasteiger partial charge is 0.469 e. The van der Waals surface area contributed by atoms with Gasteiger partial charge in [0.25, 0.3) is 0 Å². The van der Waals surface area contributed by atoms with Crippen LogP contribution in [0.1, 0.15) is 37.2 Å². The highest BCUT2D eigenvalue weighted by Gasteiger charge is 2.38. The molecule has 0 aliphatic heterocycles.